The average Bonchev–Trinajstić information content (AvgIpc) is 3.52. The summed E-state index contributed by atoms with van der Waals surface area (Å²) < 4.78 is 11.4. The molecule has 3 aromatic carbocycles. The van der Waals surface area contributed by atoms with Crippen LogP contribution in [0.3, 0.4) is 0 Å². The van der Waals surface area contributed by atoms with E-state index >= 15 is 0 Å². The molecule has 4 aromatic rings. The summed E-state index contributed by atoms with van der Waals surface area (Å²) >= 11 is 0. The van der Waals surface area contributed by atoms with E-state index in [1.807, 2.05) is 48.5 Å². The average molecular weight is 475 g/mol. The van der Waals surface area contributed by atoms with Gasteiger partial charge in [0.1, 0.15) is 18.4 Å². The van der Waals surface area contributed by atoms with Crippen LogP contribution in [0.5, 0.6) is 5.75 Å². The third-order valence-electron chi connectivity index (χ3n) is 5.85. The molecule has 5 rings (SSSR count). The van der Waals surface area contributed by atoms with Crippen LogP contribution in [0.1, 0.15) is 35.9 Å². The standard InChI is InChI=1S/C25H22N6O2.ClH/c26-14-16-3-5-17(6-4-16)15-32-21-10-9-18-12-20(8-7-19(18)13-21)23-29-24(33-30-23)22-2-1-11-31(22)25(27)28;/h3-10,12-13,22H,1-2,11,15H2,(H3,27,28);1H. The molecular formula is C25H23ClN6O2. The summed E-state index contributed by atoms with van der Waals surface area (Å²) in [5.41, 5.74) is 8.17. The Morgan fingerprint density at radius 1 is 1.15 bits per heavy atom. The van der Waals surface area contributed by atoms with Gasteiger partial charge in [0.2, 0.25) is 11.7 Å². The highest BCUT2D eigenvalue weighted by Gasteiger charge is 2.31. The van der Waals surface area contributed by atoms with Crippen LogP contribution < -0.4 is 10.5 Å². The second-order valence-corrected chi connectivity index (χ2v) is 8.01. The number of aromatic nitrogens is 2. The lowest BCUT2D eigenvalue weighted by Crippen LogP contribution is -2.35. The van der Waals surface area contributed by atoms with Crippen molar-refractivity contribution in [2.45, 2.75) is 25.5 Å². The van der Waals surface area contributed by atoms with Crippen LogP contribution in [0.15, 0.2) is 65.2 Å². The molecule has 3 N–H and O–H groups in total. The molecule has 1 aliphatic rings. The Morgan fingerprint density at radius 3 is 2.68 bits per heavy atom. The van der Waals surface area contributed by atoms with Crippen molar-refractivity contribution in [3.8, 4) is 23.2 Å². The molecule has 1 aliphatic heterocycles. The van der Waals surface area contributed by atoms with Gasteiger partial charge in [0, 0.05) is 12.1 Å². The highest BCUT2D eigenvalue weighted by Crippen LogP contribution is 2.32. The number of hydrogen-bond acceptors (Lipinski definition) is 6. The lowest BCUT2D eigenvalue weighted by molar-refractivity contribution is 0.283. The van der Waals surface area contributed by atoms with E-state index in [9.17, 15) is 0 Å². The van der Waals surface area contributed by atoms with Crippen molar-refractivity contribution in [1.82, 2.24) is 15.0 Å². The number of nitrogens with two attached hydrogens (primary N) is 1. The van der Waals surface area contributed by atoms with Gasteiger partial charge in [0.25, 0.3) is 0 Å². The highest BCUT2D eigenvalue weighted by atomic mass is 35.5. The number of guanidine groups is 1. The lowest BCUT2D eigenvalue weighted by Gasteiger charge is -2.21. The smallest absolute Gasteiger partial charge is 0.249 e. The molecule has 1 fully saturated rings. The number of nitriles is 1. The number of nitrogens with zero attached hydrogens (tertiary/aromatic N) is 4. The lowest BCUT2D eigenvalue weighted by atomic mass is 10.1. The van der Waals surface area contributed by atoms with Crippen molar-refractivity contribution < 1.29 is 9.26 Å². The number of ether oxygens (including phenoxy) is 1. The normalized spacial score (nSPS) is 15.0. The number of nitrogens with one attached hydrogen (secondary N) is 1. The summed E-state index contributed by atoms with van der Waals surface area (Å²) in [6.45, 7) is 1.16. The Labute approximate surface area is 202 Å². The van der Waals surface area contributed by atoms with E-state index in [1.165, 1.54) is 0 Å². The van der Waals surface area contributed by atoms with Gasteiger partial charge in [0.05, 0.1) is 11.6 Å². The first kappa shape index (κ1) is 23.1. The number of hydrogen-bond donors (Lipinski definition) is 2. The number of likely N-dealkylation sites (tertiary alicyclic amines) is 1. The molecule has 0 amide bonds. The zero-order chi connectivity index (χ0) is 22.8. The predicted octanol–water partition coefficient (Wildman–Crippen LogP) is 4.79. The van der Waals surface area contributed by atoms with Gasteiger partial charge in [-0.3, -0.25) is 5.41 Å². The van der Waals surface area contributed by atoms with E-state index in [2.05, 4.69) is 16.2 Å². The molecule has 9 heteroatoms. The first-order chi connectivity index (χ1) is 16.1. The monoisotopic (exact) mass is 474 g/mol. The van der Waals surface area contributed by atoms with E-state index < -0.39 is 0 Å². The second kappa shape index (κ2) is 9.81. The van der Waals surface area contributed by atoms with Crippen LogP contribution in [0.25, 0.3) is 22.2 Å². The fourth-order valence-electron chi connectivity index (χ4n) is 4.09. The third-order valence-corrected chi connectivity index (χ3v) is 5.85. The Morgan fingerprint density at radius 2 is 1.91 bits per heavy atom. The Hall–Kier alpha value is -4.09. The summed E-state index contributed by atoms with van der Waals surface area (Å²) in [6.07, 6.45) is 1.78. The van der Waals surface area contributed by atoms with Gasteiger partial charge in [-0.2, -0.15) is 10.2 Å². The van der Waals surface area contributed by atoms with Crippen molar-refractivity contribution in [3.05, 3.63) is 77.7 Å². The van der Waals surface area contributed by atoms with Gasteiger partial charge >= 0.3 is 0 Å². The molecule has 0 spiro atoms. The number of halogens is 1. The number of rotatable bonds is 5. The quantitative estimate of drug-likeness (QED) is 0.314. The Balaban J connectivity index is 0.00000274. The van der Waals surface area contributed by atoms with Crippen LogP contribution >= 0.6 is 12.4 Å². The molecule has 1 unspecified atom stereocenters. The molecule has 0 aliphatic carbocycles. The molecule has 1 aromatic heterocycles. The van der Waals surface area contributed by atoms with Gasteiger partial charge in [-0.05, 0) is 59.5 Å². The fraction of sp³-hybridized carbons (Fsp3) is 0.200. The zero-order valence-electron chi connectivity index (χ0n) is 18.3. The fourth-order valence-corrected chi connectivity index (χ4v) is 4.09. The molecule has 0 radical (unpaired) electrons. The van der Waals surface area contributed by atoms with E-state index in [0.717, 1.165) is 47.0 Å². The van der Waals surface area contributed by atoms with E-state index in [4.69, 9.17) is 25.7 Å². The van der Waals surface area contributed by atoms with Gasteiger partial charge in [0.15, 0.2) is 5.96 Å². The summed E-state index contributed by atoms with van der Waals surface area (Å²) in [5, 5.41) is 22.9. The largest absolute Gasteiger partial charge is 0.489 e. The van der Waals surface area contributed by atoms with Gasteiger partial charge in [-0.15, -0.1) is 12.4 Å². The van der Waals surface area contributed by atoms with E-state index in [1.54, 1.807) is 17.0 Å². The van der Waals surface area contributed by atoms with E-state index in [0.29, 0.717) is 23.9 Å². The maximum absolute atomic E-state index is 8.90. The SMILES string of the molecule is Cl.N#Cc1ccc(COc2ccc3cc(-c4noc(C5CCCN5C(=N)N)n4)ccc3c2)cc1. The van der Waals surface area contributed by atoms with E-state index in [-0.39, 0.29) is 24.4 Å². The summed E-state index contributed by atoms with van der Waals surface area (Å²) in [5.74, 6) is 1.81. The van der Waals surface area contributed by atoms with Crippen LogP contribution in [0, 0.1) is 16.7 Å². The van der Waals surface area contributed by atoms with Crippen LogP contribution in [0.2, 0.25) is 0 Å². The maximum Gasteiger partial charge on any atom is 0.249 e. The molecule has 2 heterocycles. The molecular weight excluding hydrogens is 452 g/mol. The minimum absolute atomic E-state index is 0. The predicted molar refractivity (Wildman–Crippen MR) is 131 cm³/mol. The molecule has 172 valence electrons. The number of fused-ring (bicyclic) bond motifs is 1. The second-order valence-electron chi connectivity index (χ2n) is 8.01. The topological polar surface area (TPSA) is 125 Å². The third kappa shape index (κ3) is 4.65. The first-order valence-electron chi connectivity index (χ1n) is 10.7. The van der Waals surface area contributed by atoms with Gasteiger partial charge in [-0.25, -0.2) is 0 Å². The van der Waals surface area contributed by atoms with Crippen LogP contribution in [-0.4, -0.2) is 27.5 Å². The van der Waals surface area contributed by atoms with Crippen LogP contribution in [0.4, 0.5) is 0 Å². The number of benzene rings is 3. The van der Waals surface area contributed by atoms with Gasteiger partial charge in [-0.1, -0.05) is 35.5 Å². The summed E-state index contributed by atoms with van der Waals surface area (Å²) in [7, 11) is 0. The minimum Gasteiger partial charge on any atom is -0.489 e. The molecule has 8 nitrogen and oxygen atoms in total. The van der Waals surface area contributed by atoms with Crippen molar-refractivity contribution in [2.24, 2.45) is 5.73 Å². The minimum atomic E-state index is -0.139. The molecule has 0 saturated carbocycles. The summed E-state index contributed by atoms with van der Waals surface area (Å²) in [6, 6.07) is 21.2. The van der Waals surface area contributed by atoms with Crippen LogP contribution in [-0.2, 0) is 6.61 Å². The van der Waals surface area contributed by atoms with Gasteiger partial charge < -0.3 is 19.9 Å². The van der Waals surface area contributed by atoms with Crippen molar-refractivity contribution in [1.29, 1.82) is 10.7 Å². The van der Waals surface area contributed by atoms with Crippen molar-refractivity contribution in [3.63, 3.8) is 0 Å². The van der Waals surface area contributed by atoms with Crippen molar-refractivity contribution >= 4 is 29.1 Å². The zero-order valence-corrected chi connectivity index (χ0v) is 19.1. The summed E-state index contributed by atoms with van der Waals surface area (Å²) in [4.78, 5) is 6.37. The Kier molecular flexibility index (Phi) is 6.66. The molecule has 1 saturated heterocycles. The molecule has 34 heavy (non-hydrogen) atoms. The maximum atomic E-state index is 8.90. The first-order valence-corrected chi connectivity index (χ1v) is 10.7. The molecule has 1 atom stereocenters. The Bertz CT molecular complexity index is 1360. The molecule has 0 bridgehead atoms. The highest BCUT2D eigenvalue weighted by molar-refractivity contribution is 5.87. The van der Waals surface area contributed by atoms with Crippen molar-refractivity contribution in [2.75, 3.05) is 6.54 Å².